The van der Waals surface area contributed by atoms with Crippen molar-refractivity contribution in [3.8, 4) is 28.0 Å². The third-order valence-corrected chi connectivity index (χ3v) is 10.0. The average Bonchev–Trinajstić information content (AvgIpc) is 3.64. The molecule has 0 aliphatic carbocycles. The van der Waals surface area contributed by atoms with Crippen LogP contribution in [0.25, 0.3) is 39.4 Å². The van der Waals surface area contributed by atoms with Gasteiger partial charge in [0.2, 0.25) is 11.5 Å². The molecule has 0 amide bonds. The Balaban J connectivity index is 1.23. The number of oxazole rings is 1. The van der Waals surface area contributed by atoms with E-state index in [0.29, 0.717) is 49.0 Å². The summed E-state index contributed by atoms with van der Waals surface area (Å²) in [6, 6.07) is 31.8. The molecule has 264 valence electrons. The summed E-state index contributed by atoms with van der Waals surface area (Å²) in [5, 5.41) is 0. The molecule has 1 aliphatic heterocycles. The molecular weight excluding hydrogens is 689 g/mol. The standard InChI is InChI=1S/C39H38N2O8S2/c42-50(43,44)26-12-10-24-40-34-28-32(30-14-4-1-5-15-30)20-22-36(34)48-38(40)18-8-3-9-19-39-41(25-11-13-27-51(45,46)47)35-29-33(21-23-37(35)49-39)31-16-6-2-7-17-31/h1-9,14-23,28-29H,10-13,24-27H2,(H-,42,43,44,45,46,47)/p-1. The van der Waals surface area contributed by atoms with Gasteiger partial charge in [0.25, 0.3) is 5.52 Å². The second kappa shape index (κ2) is 15.9. The minimum absolute atomic E-state index is 0.235. The fourth-order valence-electron chi connectivity index (χ4n) is 5.97. The predicted octanol–water partition coefficient (Wildman–Crippen LogP) is 7.01. The molecule has 4 aromatic carbocycles. The van der Waals surface area contributed by atoms with E-state index >= 15 is 0 Å². The van der Waals surface area contributed by atoms with Crippen molar-refractivity contribution in [1.82, 2.24) is 0 Å². The van der Waals surface area contributed by atoms with Crippen LogP contribution in [0, 0.1) is 0 Å². The van der Waals surface area contributed by atoms with Crippen LogP contribution in [0.15, 0.2) is 132 Å². The van der Waals surface area contributed by atoms with Gasteiger partial charge in [-0.2, -0.15) is 4.57 Å². The topological polar surface area (TPSA) is 144 Å². The Bertz CT molecular complexity index is 2300. The van der Waals surface area contributed by atoms with Crippen LogP contribution in [-0.2, 0) is 26.8 Å². The van der Waals surface area contributed by atoms with Crippen LogP contribution in [0.1, 0.15) is 31.6 Å². The SMILES string of the molecule is O=S(=O)([O-])CCCCN1C(=CC=CC=Cc2oc3ccc(-c4ccccc4)cc3[n+]2CCCCS(=O)(=O)[O-])Oc2ccc(-c3ccccc3)cc21. The number of nitrogens with zero attached hydrogens (tertiary/aromatic N) is 2. The number of aromatic nitrogens is 1. The number of allylic oxidation sites excluding steroid dienone is 4. The monoisotopic (exact) mass is 725 g/mol. The molecule has 10 nitrogen and oxygen atoms in total. The van der Waals surface area contributed by atoms with Crippen molar-refractivity contribution >= 4 is 43.1 Å². The summed E-state index contributed by atoms with van der Waals surface area (Å²) < 4.78 is 81.5. The van der Waals surface area contributed by atoms with Gasteiger partial charge in [-0.3, -0.25) is 0 Å². The zero-order valence-electron chi connectivity index (χ0n) is 27.8. The number of unbranched alkanes of at least 4 members (excludes halogenated alkanes) is 2. The molecule has 0 spiro atoms. The van der Waals surface area contributed by atoms with Crippen LogP contribution in [0.2, 0.25) is 0 Å². The number of hydrogen-bond donors (Lipinski definition) is 0. The average molecular weight is 726 g/mol. The Labute approximate surface area is 298 Å². The molecular formula is C39H37N2O8S2-. The van der Waals surface area contributed by atoms with Gasteiger partial charge in [0.05, 0.1) is 32.0 Å². The first-order valence-corrected chi connectivity index (χ1v) is 19.8. The van der Waals surface area contributed by atoms with Crippen molar-refractivity contribution in [3.05, 3.63) is 133 Å². The largest absolute Gasteiger partial charge is 0.748 e. The molecule has 0 bridgehead atoms. The lowest BCUT2D eigenvalue weighted by atomic mass is 10.0. The number of benzene rings is 4. The van der Waals surface area contributed by atoms with Gasteiger partial charge >= 0.3 is 5.89 Å². The maximum Gasteiger partial charge on any atom is 0.374 e. The Hall–Kier alpha value is -5.01. The smallest absolute Gasteiger partial charge is 0.374 e. The number of anilines is 1. The summed E-state index contributed by atoms with van der Waals surface area (Å²) in [5.74, 6) is 0.949. The summed E-state index contributed by atoms with van der Waals surface area (Å²) >= 11 is 0. The Morgan fingerprint density at radius 3 is 1.96 bits per heavy atom. The number of rotatable bonds is 15. The number of ether oxygens (including phenoxy) is 1. The molecule has 1 aromatic heterocycles. The van der Waals surface area contributed by atoms with Crippen LogP contribution in [0.4, 0.5) is 5.69 Å². The first kappa shape index (κ1) is 35.8. The van der Waals surface area contributed by atoms with E-state index in [1.54, 1.807) is 0 Å². The molecule has 1 aliphatic rings. The highest BCUT2D eigenvalue weighted by atomic mass is 32.2. The van der Waals surface area contributed by atoms with E-state index in [0.717, 1.165) is 33.5 Å². The molecule has 0 saturated carbocycles. The third-order valence-electron chi connectivity index (χ3n) is 8.43. The van der Waals surface area contributed by atoms with E-state index in [4.69, 9.17) is 9.15 Å². The molecule has 2 heterocycles. The zero-order valence-corrected chi connectivity index (χ0v) is 29.4. The van der Waals surface area contributed by atoms with Gasteiger partial charge in [-0.25, -0.2) is 16.8 Å². The maximum atomic E-state index is 11.2. The van der Waals surface area contributed by atoms with E-state index in [1.165, 1.54) is 0 Å². The molecule has 5 aromatic rings. The normalized spacial score (nSPS) is 14.2. The van der Waals surface area contributed by atoms with Crippen molar-refractivity contribution in [2.45, 2.75) is 32.2 Å². The Kier molecular flexibility index (Phi) is 11.2. The highest BCUT2D eigenvalue weighted by Gasteiger charge is 2.26. The van der Waals surface area contributed by atoms with E-state index in [1.807, 2.05) is 137 Å². The van der Waals surface area contributed by atoms with Gasteiger partial charge < -0.3 is 23.2 Å². The van der Waals surface area contributed by atoms with Crippen LogP contribution in [0.5, 0.6) is 5.75 Å². The minimum atomic E-state index is -4.30. The fourth-order valence-corrected chi connectivity index (χ4v) is 7.08. The summed E-state index contributed by atoms with van der Waals surface area (Å²) in [5.41, 5.74) is 6.48. The first-order valence-electron chi connectivity index (χ1n) is 16.6. The number of fused-ring (bicyclic) bond motifs is 2. The fraction of sp³-hybridized carbons (Fsp3) is 0.205. The number of hydrogen-bond acceptors (Lipinski definition) is 9. The molecule has 51 heavy (non-hydrogen) atoms. The van der Waals surface area contributed by atoms with E-state index in [-0.39, 0.29) is 12.8 Å². The predicted molar refractivity (Wildman–Crippen MR) is 196 cm³/mol. The molecule has 0 N–H and O–H groups in total. The van der Waals surface area contributed by atoms with Crippen LogP contribution in [-0.4, -0.2) is 44.0 Å². The lowest BCUT2D eigenvalue weighted by molar-refractivity contribution is -0.678. The van der Waals surface area contributed by atoms with Gasteiger partial charge in [-0.05, 0) is 65.8 Å². The molecule has 6 rings (SSSR count). The molecule has 0 radical (unpaired) electrons. The van der Waals surface area contributed by atoms with E-state index < -0.39 is 31.7 Å². The Morgan fingerprint density at radius 1 is 0.667 bits per heavy atom. The number of aryl methyl sites for hydroxylation is 1. The van der Waals surface area contributed by atoms with E-state index in [2.05, 4.69) is 0 Å². The minimum Gasteiger partial charge on any atom is -0.748 e. The van der Waals surface area contributed by atoms with Crippen LogP contribution in [0.3, 0.4) is 0 Å². The van der Waals surface area contributed by atoms with Crippen molar-refractivity contribution in [2.24, 2.45) is 0 Å². The van der Waals surface area contributed by atoms with Crippen molar-refractivity contribution in [2.75, 3.05) is 23.0 Å². The second-order valence-corrected chi connectivity index (χ2v) is 15.2. The molecule has 0 fully saturated rings. The molecule has 0 saturated heterocycles. The lowest BCUT2D eigenvalue weighted by Gasteiger charge is -2.19. The highest BCUT2D eigenvalue weighted by molar-refractivity contribution is 7.85. The Morgan fingerprint density at radius 2 is 1.29 bits per heavy atom. The van der Waals surface area contributed by atoms with Crippen LogP contribution >= 0.6 is 0 Å². The summed E-state index contributed by atoms with van der Waals surface area (Å²) in [7, 11) is -8.60. The quantitative estimate of drug-likeness (QED) is 0.0482. The maximum absolute atomic E-state index is 11.2. The summed E-state index contributed by atoms with van der Waals surface area (Å²) in [6.07, 6.45) is 10.5. The van der Waals surface area contributed by atoms with Gasteiger partial charge in [-0.1, -0.05) is 91.0 Å². The zero-order chi connectivity index (χ0) is 35.8. The summed E-state index contributed by atoms with van der Waals surface area (Å²) in [6.45, 7) is 0.905. The summed E-state index contributed by atoms with van der Waals surface area (Å²) in [4.78, 5) is 1.98. The molecule has 12 heteroatoms. The molecule has 0 unspecified atom stereocenters. The van der Waals surface area contributed by atoms with Crippen molar-refractivity contribution in [1.29, 1.82) is 0 Å². The van der Waals surface area contributed by atoms with Crippen molar-refractivity contribution in [3.63, 3.8) is 0 Å². The van der Waals surface area contributed by atoms with Gasteiger partial charge in [0.15, 0.2) is 12.3 Å². The van der Waals surface area contributed by atoms with Crippen molar-refractivity contribution < 1.29 is 39.7 Å². The van der Waals surface area contributed by atoms with Gasteiger partial charge in [0.1, 0.15) is 0 Å². The first-order chi connectivity index (χ1) is 24.5. The van der Waals surface area contributed by atoms with E-state index in [9.17, 15) is 25.9 Å². The second-order valence-electron chi connectivity index (χ2n) is 12.1. The molecule has 0 atom stereocenters. The van der Waals surface area contributed by atoms with Gasteiger partial charge in [-0.15, -0.1) is 0 Å². The highest BCUT2D eigenvalue weighted by Crippen LogP contribution is 2.41. The van der Waals surface area contributed by atoms with Gasteiger partial charge in [0, 0.05) is 30.5 Å². The third kappa shape index (κ3) is 9.62. The lowest BCUT2D eigenvalue weighted by Crippen LogP contribution is -2.35. The van der Waals surface area contributed by atoms with Crippen LogP contribution < -0.4 is 14.2 Å².